The molecule has 1 N–H and O–H groups in total. The van der Waals surface area contributed by atoms with Gasteiger partial charge in [-0.2, -0.15) is 0 Å². The molecule has 0 bridgehead atoms. The van der Waals surface area contributed by atoms with Gasteiger partial charge in [-0.1, -0.05) is 20.8 Å². The number of hydrogen-bond acceptors (Lipinski definition) is 2. The minimum absolute atomic E-state index is 0.00470. The van der Waals surface area contributed by atoms with Gasteiger partial charge in [-0.05, 0) is 11.8 Å². The monoisotopic (exact) mass is 156 g/mol. The zero-order chi connectivity index (χ0) is 8.70. The zero-order valence-electron chi connectivity index (χ0n) is 7.48. The fraction of sp³-hybridized carbons (Fsp3) is 0.889. The molecule has 1 unspecified atom stereocenters. The summed E-state index contributed by atoms with van der Waals surface area (Å²) in [5.74, 6) is 0.213. The molecule has 1 aliphatic carbocycles. The third-order valence-electron chi connectivity index (χ3n) is 2.53. The molecule has 0 aromatic rings. The standard InChI is InChI=1S/C9H16O2/c1-8(2)4-7(11)9(3,5-8)6-10/h10H,4-6H2,1-3H3. The number of carbonyl (C=O) groups is 1. The fourth-order valence-corrected chi connectivity index (χ4v) is 2.01. The fourth-order valence-electron chi connectivity index (χ4n) is 2.01. The van der Waals surface area contributed by atoms with Gasteiger partial charge < -0.3 is 5.11 Å². The maximum atomic E-state index is 11.4. The lowest BCUT2D eigenvalue weighted by atomic mass is 9.84. The molecule has 0 amide bonds. The molecule has 1 fully saturated rings. The summed E-state index contributed by atoms with van der Waals surface area (Å²) in [6.45, 7) is 6.00. The van der Waals surface area contributed by atoms with E-state index in [1.165, 1.54) is 0 Å². The number of ketones is 1. The molecule has 64 valence electrons. The van der Waals surface area contributed by atoms with E-state index in [-0.39, 0.29) is 17.8 Å². The van der Waals surface area contributed by atoms with Crippen LogP contribution in [0.3, 0.4) is 0 Å². The van der Waals surface area contributed by atoms with E-state index in [9.17, 15) is 4.79 Å². The topological polar surface area (TPSA) is 37.3 Å². The molecule has 11 heavy (non-hydrogen) atoms. The van der Waals surface area contributed by atoms with Crippen molar-refractivity contribution in [3.05, 3.63) is 0 Å². The SMILES string of the molecule is CC1(C)CC(=O)C(C)(CO)C1. The molecule has 0 aromatic heterocycles. The van der Waals surface area contributed by atoms with E-state index in [0.717, 1.165) is 6.42 Å². The Kier molecular flexibility index (Phi) is 1.83. The summed E-state index contributed by atoms with van der Waals surface area (Å²) in [6.07, 6.45) is 1.43. The summed E-state index contributed by atoms with van der Waals surface area (Å²) in [7, 11) is 0. The van der Waals surface area contributed by atoms with E-state index in [0.29, 0.717) is 6.42 Å². The Balaban J connectivity index is 2.82. The Labute approximate surface area is 67.6 Å². The molecule has 1 rings (SSSR count). The first kappa shape index (κ1) is 8.72. The highest BCUT2D eigenvalue weighted by atomic mass is 16.3. The van der Waals surface area contributed by atoms with Gasteiger partial charge in [0.2, 0.25) is 0 Å². The Morgan fingerprint density at radius 2 is 2.00 bits per heavy atom. The molecule has 0 spiro atoms. The largest absolute Gasteiger partial charge is 0.395 e. The molecule has 2 nitrogen and oxygen atoms in total. The van der Waals surface area contributed by atoms with E-state index in [4.69, 9.17) is 5.11 Å². The van der Waals surface area contributed by atoms with Crippen molar-refractivity contribution in [1.29, 1.82) is 0 Å². The lowest BCUT2D eigenvalue weighted by Crippen LogP contribution is -2.26. The van der Waals surface area contributed by atoms with E-state index in [1.807, 2.05) is 6.92 Å². The quantitative estimate of drug-likeness (QED) is 0.622. The summed E-state index contributed by atoms with van der Waals surface area (Å²) in [5, 5.41) is 9.01. The van der Waals surface area contributed by atoms with Crippen LogP contribution in [0.2, 0.25) is 0 Å². The summed E-state index contributed by atoms with van der Waals surface area (Å²) in [6, 6.07) is 0. The molecular formula is C9H16O2. The summed E-state index contributed by atoms with van der Waals surface area (Å²) in [4.78, 5) is 11.4. The second-order valence-electron chi connectivity index (χ2n) is 4.66. The Morgan fingerprint density at radius 3 is 2.18 bits per heavy atom. The van der Waals surface area contributed by atoms with Gasteiger partial charge in [0.15, 0.2) is 0 Å². The summed E-state index contributed by atoms with van der Waals surface area (Å²) >= 11 is 0. The predicted molar refractivity (Wildman–Crippen MR) is 43.2 cm³/mol. The van der Waals surface area contributed by atoms with Crippen LogP contribution in [0.5, 0.6) is 0 Å². The van der Waals surface area contributed by atoms with E-state index < -0.39 is 5.41 Å². The third kappa shape index (κ3) is 1.45. The van der Waals surface area contributed by atoms with Crippen molar-refractivity contribution in [2.75, 3.05) is 6.61 Å². The smallest absolute Gasteiger partial charge is 0.141 e. The first-order chi connectivity index (χ1) is 4.90. The number of rotatable bonds is 1. The molecule has 1 saturated carbocycles. The summed E-state index contributed by atoms with van der Waals surface area (Å²) < 4.78 is 0. The van der Waals surface area contributed by atoms with E-state index in [1.54, 1.807) is 0 Å². The Hall–Kier alpha value is -0.370. The van der Waals surface area contributed by atoms with Crippen LogP contribution in [0.15, 0.2) is 0 Å². The predicted octanol–water partition coefficient (Wildman–Crippen LogP) is 1.37. The van der Waals surface area contributed by atoms with Crippen LogP contribution in [-0.4, -0.2) is 17.5 Å². The van der Waals surface area contributed by atoms with Crippen molar-refractivity contribution in [3.63, 3.8) is 0 Å². The number of Topliss-reactive ketones (excluding diaryl/α,β-unsaturated/α-hetero) is 1. The van der Waals surface area contributed by atoms with Gasteiger partial charge in [0.05, 0.1) is 6.61 Å². The highest BCUT2D eigenvalue weighted by Crippen LogP contribution is 2.45. The Morgan fingerprint density at radius 1 is 1.45 bits per heavy atom. The van der Waals surface area contributed by atoms with E-state index in [2.05, 4.69) is 13.8 Å². The molecule has 0 radical (unpaired) electrons. The maximum Gasteiger partial charge on any atom is 0.141 e. The van der Waals surface area contributed by atoms with Crippen molar-refractivity contribution in [2.24, 2.45) is 10.8 Å². The second kappa shape index (κ2) is 2.31. The average molecular weight is 156 g/mol. The maximum absolute atomic E-state index is 11.4. The molecule has 0 saturated heterocycles. The first-order valence-corrected chi connectivity index (χ1v) is 4.04. The lowest BCUT2D eigenvalue weighted by Gasteiger charge is -2.21. The van der Waals surface area contributed by atoms with Crippen LogP contribution in [0.25, 0.3) is 0 Å². The molecule has 0 aromatic carbocycles. The molecular weight excluding hydrogens is 140 g/mol. The van der Waals surface area contributed by atoms with Crippen molar-refractivity contribution < 1.29 is 9.90 Å². The lowest BCUT2D eigenvalue weighted by molar-refractivity contribution is -0.126. The summed E-state index contributed by atoms with van der Waals surface area (Å²) in [5.41, 5.74) is -0.363. The van der Waals surface area contributed by atoms with Crippen LogP contribution in [0.1, 0.15) is 33.6 Å². The minimum atomic E-state index is -0.455. The zero-order valence-corrected chi connectivity index (χ0v) is 7.48. The third-order valence-corrected chi connectivity index (χ3v) is 2.53. The number of carbonyl (C=O) groups excluding carboxylic acids is 1. The van der Waals surface area contributed by atoms with Crippen molar-refractivity contribution in [1.82, 2.24) is 0 Å². The van der Waals surface area contributed by atoms with Gasteiger partial charge in [-0.15, -0.1) is 0 Å². The van der Waals surface area contributed by atoms with Crippen LogP contribution in [0, 0.1) is 10.8 Å². The number of hydrogen-bond donors (Lipinski definition) is 1. The van der Waals surface area contributed by atoms with Gasteiger partial charge in [-0.3, -0.25) is 4.79 Å². The highest BCUT2D eigenvalue weighted by Gasteiger charge is 2.46. The van der Waals surface area contributed by atoms with Crippen LogP contribution in [0.4, 0.5) is 0 Å². The van der Waals surface area contributed by atoms with Gasteiger partial charge in [0.25, 0.3) is 0 Å². The normalized spacial score (nSPS) is 36.2. The molecule has 1 aliphatic rings. The van der Waals surface area contributed by atoms with Crippen LogP contribution < -0.4 is 0 Å². The van der Waals surface area contributed by atoms with Crippen molar-refractivity contribution in [2.45, 2.75) is 33.6 Å². The van der Waals surface area contributed by atoms with Crippen molar-refractivity contribution in [3.8, 4) is 0 Å². The first-order valence-electron chi connectivity index (χ1n) is 4.04. The van der Waals surface area contributed by atoms with Crippen LogP contribution >= 0.6 is 0 Å². The number of aliphatic hydroxyl groups is 1. The average Bonchev–Trinajstić information content (AvgIpc) is 2.03. The highest BCUT2D eigenvalue weighted by molar-refractivity contribution is 5.87. The van der Waals surface area contributed by atoms with Crippen LogP contribution in [-0.2, 0) is 4.79 Å². The molecule has 1 atom stereocenters. The second-order valence-corrected chi connectivity index (χ2v) is 4.66. The molecule has 0 heterocycles. The van der Waals surface area contributed by atoms with Gasteiger partial charge in [0.1, 0.15) is 5.78 Å². The molecule has 2 heteroatoms. The number of aliphatic hydroxyl groups excluding tert-OH is 1. The minimum Gasteiger partial charge on any atom is -0.395 e. The van der Waals surface area contributed by atoms with E-state index >= 15 is 0 Å². The molecule has 0 aliphatic heterocycles. The van der Waals surface area contributed by atoms with Gasteiger partial charge in [-0.25, -0.2) is 0 Å². The van der Waals surface area contributed by atoms with Crippen molar-refractivity contribution >= 4 is 5.78 Å². The van der Waals surface area contributed by atoms with Gasteiger partial charge >= 0.3 is 0 Å². The Bertz CT molecular complexity index is 184. The van der Waals surface area contributed by atoms with Gasteiger partial charge in [0, 0.05) is 11.8 Å².